The van der Waals surface area contributed by atoms with Gasteiger partial charge in [-0.15, -0.1) is 0 Å². The van der Waals surface area contributed by atoms with Gasteiger partial charge in [0.2, 0.25) is 0 Å². The smallest absolute Gasteiger partial charge is 0.137 e. The van der Waals surface area contributed by atoms with Crippen molar-refractivity contribution in [3.8, 4) is 0 Å². The van der Waals surface area contributed by atoms with Crippen LogP contribution in [-0.2, 0) is 4.74 Å². The maximum absolute atomic E-state index is 5.03. The normalized spacial score (nSPS) is 30.6. The average Bonchev–Trinajstić information content (AvgIpc) is 2.14. The van der Waals surface area contributed by atoms with E-state index in [4.69, 9.17) is 4.74 Å². The molecular formula is C4H7NOS. The molecule has 40 valence electrons. The number of hydrogen-bond acceptors (Lipinski definition) is 3. The van der Waals surface area contributed by atoms with E-state index in [-0.39, 0.29) is 6.23 Å². The molecule has 1 rings (SSSR count). The summed E-state index contributed by atoms with van der Waals surface area (Å²) in [6.07, 6.45) is 0.0370. The van der Waals surface area contributed by atoms with Crippen LogP contribution in [0, 0.1) is 0 Å². The van der Waals surface area contributed by atoms with Crippen LogP contribution >= 0.6 is 12.2 Å². The lowest BCUT2D eigenvalue weighted by molar-refractivity contribution is 0.157. The summed E-state index contributed by atoms with van der Waals surface area (Å²) >= 11 is 4.60. The van der Waals surface area contributed by atoms with Gasteiger partial charge in [-0.1, -0.05) is 12.2 Å². The third-order valence-corrected chi connectivity index (χ3v) is 1.12. The van der Waals surface area contributed by atoms with Crippen LogP contribution in [0.3, 0.4) is 0 Å². The molecule has 0 aromatic rings. The number of thiocarbonyl (C=S) groups is 1. The van der Waals surface area contributed by atoms with Crippen molar-refractivity contribution in [3.05, 3.63) is 0 Å². The number of nitrogens with one attached hydrogen (secondary N) is 1. The fraction of sp³-hybridized carbons (Fsp3) is 0.750. The van der Waals surface area contributed by atoms with Gasteiger partial charge in [-0.05, 0) is 0 Å². The van der Waals surface area contributed by atoms with Crippen molar-refractivity contribution in [2.24, 2.45) is 0 Å². The quantitative estimate of drug-likeness (QED) is 0.486. The maximum atomic E-state index is 5.03. The zero-order valence-electron chi connectivity index (χ0n) is 3.89. The molecule has 0 spiro atoms. The minimum atomic E-state index is 0.0370. The summed E-state index contributed by atoms with van der Waals surface area (Å²) in [5, 5.41) is 4.61. The van der Waals surface area contributed by atoms with Crippen LogP contribution in [0.25, 0.3) is 0 Å². The van der Waals surface area contributed by atoms with Gasteiger partial charge in [0.1, 0.15) is 6.23 Å². The zero-order valence-corrected chi connectivity index (χ0v) is 4.70. The van der Waals surface area contributed by atoms with Crippen molar-refractivity contribution < 1.29 is 4.74 Å². The molecule has 1 atom stereocenters. The van der Waals surface area contributed by atoms with Crippen LogP contribution in [0.2, 0.25) is 0 Å². The number of rotatable bonds is 1. The lowest BCUT2D eigenvalue weighted by atomic mass is 10.7. The van der Waals surface area contributed by atoms with E-state index in [1.54, 1.807) is 5.37 Å². The van der Waals surface area contributed by atoms with Crippen molar-refractivity contribution in [3.63, 3.8) is 0 Å². The molecule has 0 aliphatic carbocycles. The molecule has 0 saturated carbocycles. The highest BCUT2D eigenvalue weighted by Gasteiger charge is 2.08. The Hall–Kier alpha value is 0.0100. The Morgan fingerprint density at radius 2 is 2.71 bits per heavy atom. The van der Waals surface area contributed by atoms with E-state index in [9.17, 15) is 0 Å². The Labute approximate surface area is 47.9 Å². The van der Waals surface area contributed by atoms with Crippen molar-refractivity contribution in [2.75, 3.05) is 13.2 Å². The maximum Gasteiger partial charge on any atom is 0.137 e. The van der Waals surface area contributed by atoms with E-state index in [0.29, 0.717) is 0 Å². The molecule has 0 aromatic heterocycles. The summed E-state index contributed by atoms with van der Waals surface area (Å²) in [5.41, 5.74) is 0. The number of ether oxygens (including phenoxy) is 1. The second kappa shape index (κ2) is 2.35. The highest BCUT2D eigenvalue weighted by Crippen LogP contribution is 1.89. The predicted octanol–water partition coefficient (Wildman–Crippen LogP) is -0.0680. The summed E-state index contributed by atoms with van der Waals surface area (Å²) < 4.78 is 5.03. The van der Waals surface area contributed by atoms with Crippen LogP contribution in [0.1, 0.15) is 0 Å². The molecule has 1 unspecified atom stereocenters. The van der Waals surface area contributed by atoms with E-state index in [1.165, 1.54) is 0 Å². The first kappa shape index (κ1) is 5.15. The van der Waals surface area contributed by atoms with Gasteiger partial charge >= 0.3 is 0 Å². The molecule has 1 aliphatic rings. The zero-order chi connectivity index (χ0) is 5.11. The largest absolute Gasteiger partial charge is 0.358 e. The molecule has 1 heterocycles. The first-order valence-electron chi connectivity index (χ1n) is 2.24. The Bertz CT molecular complexity index is 70.1. The lowest BCUT2D eigenvalue weighted by Gasteiger charge is -1.97. The van der Waals surface area contributed by atoms with Crippen molar-refractivity contribution in [1.29, 1.82) is 0 Å². The van der Waals surface area contributed by atoms with Crippen molar-refractivity contribution >= 4 is 17.6 Å². The molecule has 0 amide bonds. The fourth-order valence-corrected chi connectivity index (χ4v) is 0.708. The second-order valence-electron chi connectivity index (χ2n) is 1.38. The minimum Gasteiger partial charge on any atom is -0.358 e. The van der Waals surface area contributed by atoms with Crippen LogP contribution in [-0.4, -0.2) is 24.7 Å². The van der Waals surface area contributed by atoms with Gasteiger partial charge in [-0.3, -0.25) is 5.32 Å². The summed E-state index contributed by atoms with van der Waals surface area (Å²) in [7, 11) is 0. The van der Waals surface area contributed by atoms with Gasteiger partial charge in [-0.25, -0.2) is 0 Å². The number of hydrogen-bond donors (Lipinski definition) is 1. The molecule has 1 aliphatic heterocycles. The van der Waals surface area contributed by atoms with Crippen LogP contribution in [0.5, 0.6) is 0 Å². The van der Waals surface area contributed by atoms with Crippen LogP contribution in [0.4, 0.5) is 0 Å². The van der Waals surface area contributed by atoms with E-state index >= 15 is 0 Å². The highest BCUT2D eigenvalue weighted by atomic mass is 32.1. The van der Waals surface area contributed by atoms with E-state index in [2.05, 4.69) is 17.5 Å². The van der Waals surface area contributed by atoms with Gasteiger partial charge < -0.3 is 4.74 Å². The molecule has 1 N–H and O–H groups in total. The Morgan fingerprint density at radius 1 is 1.86 bits per heavy atom. The molecular weight excluding hydrogens is 110 g/mol. The lowest BCUT2D eigenvalue weighted by Crippen LogP contribution is -2.22. The summed E-state index contributed by atoms with van der Waals surface area (Å²) in [4.78, 5) is 0. The molecule has 3 heteroatoms. The highest BCUT2D eigenvalue weighted by molar-refractivity contribution is 7.79. The Kier molecular flexibility index (Phi) is 1.73. The molecule has 0 aromatic carbocycles. The van der Waals surface area contributed by atoms with E-state index in [0.717, 1.165) is 13.2 Å². The second-order valence-corrected chi connectivity index (χ2v) is 1.65. The molecule has 2 nitrogen and oxygen atoms in total. The summed E-state index contributed by atoms with van der Waals surface area (Å²) in [5.74, 6) is 0. The third-order valence-electron chi connectivity index (χ3n) is 0.869. The molecule has 0 bridgehead atoms. The van der Waals surface area contributed by atoms with Gasteiger partial charge in [0.15, 0.2) is 0 Å². The Balaban J connectivity index is 2.26. The van der Waals surface area contributed by atoms with Crippen molar-refractivity contribution in [2.45, 2.75) is 6.23 Å². The van der Waals surface area contributed by atoms with Crippen molar-refractivity contribution in [1.82, 2.24) is 5.32 Å². The topological polar surface area (TPSA) is 21.3 Å². The first-order valence-corrected chi connectivity index (χ1v) is 2.71. The molecule has 1 fully saturated rings. The molecule has 7 heavy (non-hydrogen) atoms. The van der Waals surface area contributed by atoms with Gasteiger partial charge in [0, 0.05) is 11.9 Å². The first-order chi connectivity index (χ1) is 3.43. The van der Waals surface area contributed by atoms with Gasteiger partial charge in [-0.2, -0.15) is 0 Å². The Morgan fingerprint density at radius 3 is 3.00 bits per heavy atom. The van der Waals surface area contributed by atoms with Gasteiger partial charge in [0.25, 0.3) is 0 Å². The fourth-order valence-electron chi connectivity index (χ4n) is 0.533. The standard InChI is InChI=1S/C4H7NOS/c7-3-4-5-1-2-6-4/h3-5H,1-2H2. The van der Waals surface area contributed by atoms with Crippen LogP contribution < -0.4 is 5.32 Å². The average molecular weight is 117 g/mol. The molecule has 1 saturated heterocycles. The molecule has 0 radical (unpaired) electrons. The minimum absolute atomic E-state index is 0.0370. The van der Waals surface area contributed by atoms with E-state index < -0.39 is 0 Å². The predicted molar refractivity (Wildman–Crippen MR) is 31.4 cm³/mol. The summed E-state index contributed by atoms with van der Waals surface area (Å²) in [6.45, 7) is 1.72. The van der Waals surface area contributed by atoms with E-state index in [1.807, 2.05) is 0 Å². The van der Waals surface area contributed by atoms with Crippen LogP contribution in [0.15, 0.2) is 0 Å². The monoisotopic (exact) mass is 117 g/mol. The SMILES string of the molecule is S=CC1NCCO1. The van der Waals surface area contributed by atoms with Gasteiger partial charge in [0.05, 0.1) is 6.61 Å². The third kappa shape index (κ3) is 1.19. The summed E-state index contributed by atoms with van der Waals surface area (Å²) in [6, 6.07) is 0.